The fourth-order valence-electron chi connectivity index (χ4n) is 3.14. The molecule has 2 heterocycles. The van der Waals surface area contributed by atoms with Gasteiger partial charge in [0.05, 0.1) is 19.1 Å². The summed E-state index contributed by atoms with van der Waals surface area (Å²) in [6, 6.07) is 0.0889. The molecule has 1 atom stereocenters. The lowest BCUT2D eigenvalue weighted by molar-refractivity contribution is -0.140. The first-order valence-electron chi connectivity index (χ1n) is 9.02. The lowest BCUT2D eigenvalue weighted by atomic mass is 10.0. The van der Waals surface area contributed by atoms with Gasteiger partial charge in [-0.25, -0.2) is 0 Å². The van der Waals surface area contributed by atoms with E-state index in [-0.39, 0.29) is 43.7 Å². The second kappa shape index (κ2) is 11.0. The Morgan fingerprint density at radius 1 is 1.04 bits per heavy atom. The highest BCUT2D eigenvalue weighted by atomic mass is 32.1. The van der Waals surface area contributed by atoms with E-state index in [0.29, 0.717) is 32.8 Å². The van der Waals surface area contributed by atoms with Crippen molar-refractivity contribution >= 4 is 25.3 Å². The number of hydrogen-bond acceptors (Lipinski definition) is 5. The average Bonchev–Trinajstić information content (AvgIpc) is 2.56. The molecule has 2 aliphatic rings. The Bertz CT molecular complexity index is 422. The van der Waals surface area contributed by atoms with Gasteiger partial charge in [-0.15, -0.1) is 0 Å². The van der Waals surface area contributed by atoms with E-state index in [1.54, 1.807) is 0 Å². The van der Waals surface area contributed by atoms with Gasteiger partial charge < -0.3 is 19.9 Å². The highest BCUT2D eigenvalue weighted by Gasteiger charge is 2.28. The van der Waals surface area contributed by atoms with Gasteiger partial charge in [0.25, 0.3) is 0 Å². The molecule has 7 nitrogen and oxygen atoms in total. The molecule has 2 amide bonds. The number of carbonyl (C=O) groups excluding carboxylic acids is 2. The topological polar surface area (TPSA) is 65.1 Å². The minimum absolute atomic E-state index is 0. The predicted octanol–water partition coefficient (Wildman–Crippen LogP) is -0.264. The second-order valence-corrected chi connectivity index (χ2v) is 7.16. The van der Waals surface area contributed by atoms with Crippen LogP contribution < -0.4 is 5.32 Å². The first-order chi connectivity index (χ1) is 11.5. The van der Waals surface area contributed by atoms with E-state index < -0.39 is 0 Å². The summed E-state index contributed by atoms with van der Waals surface area (Å²) in [6.07, 6.45) is 0.283. The molecule has 0 radical (unpaired) electrons. The number of nitrogens with zero attached hydrogens (tertiary/aromatic N) is 3. The zero-order chi connectivity index (χ0) is 17.5. The molecule has 0 aromatic rings. The molecular weight excluding hydrogens is 340 g/mol. The van der Waals surface area contributed by atoms with Crippen molar-refractivity contribution in [2.75, 3.05) is 66.1 Å². The Morgan fingerprint density at radius 2 is 1.64 bits per heavy atom. The molecule has 0 aromatic heterocycles. The van der Waals surface area contributed by atoms with E-state index in [2.05, 4.69) is 22.2 Å². The summed E-state index contributed by atoms with van der Waals surface area (Å²) in [4.78, 5) is 31.5. The molecule has 25 heavy (non-hydrogen) atoms. The van der Waals surface area contributed by atoms with Crippen LogP contribution in [0.4, 0.5) is 0 Å². The van der Waals surface area contributed by atoms with Crippen LogP contribution in [-0.4, -0.2) is 98.6 Å². The number of ether oxygens (including phenoxy) is 1. The summed E-state index contributed by atoms with van der Waals surface area (Å²) in [5, 5.41) is 2.98. The Morgan fingerprint density at radius 3 is 2.20 bits per heavy atom. The van der Waals surface area contributed by atoms with Crippen LogP contribution >= 0.6 is 13.5 Å². The van der Waals surface area contributed by atoms with Gasteiger partial charge in [-0.05, 0) is 20.9 Å². The van der Waals surface area contributed by atoms with Gasteiger partial charge in [-0.1, -0.05) is 0 Å². The number of carbonyl (C=O) groups is 2. The van der Waals surface area contributed by atoms with Crippen LogP contribution in [0.5, 0.6) is 0 Å². The molecule has 0 aliphatic carbocycles. The van der Waals surface area contributed by atoms with Crippen LogP contribution in [0.15, 0.2) is 0 Å². The average molecular weight is 375 g/mol. The SMILES string of the molecule is CC(C)NC(=O)[C@@H](CC(=O)N1CCOCC1)CN1CCN(C)CC1.S. The smallest absolute Gasteiger partial charge is 0.225 e. The molecule has 2 rings (SSSR count). The summed E-state index contributed by atoms with van der Waals surface area (Å²) in [5.41, 5.74) is 0. The highest BCUT2D eigenvalue weighted by Crippen LogP contribution is 2.13. The molecule has 0 bridgehead atoms. The monoisotopic (exact) mass is 374 g/mol. The van der Waals surface area contributed by atoms with Gasteiger partial charge in [-0.3, -0.25) is 14.5 Å². The van der Waals surface area contributed by atoms with Crippen molar-refractivity contribution in [3.8, 4) is 0 Å². The molecule has 0 saturated carbocycles. The zero-order valence-corrected chi connectivity index (χ0v) is 16.8. The summed E-state index contributed by atoms with van der Waals surface area (Å²) < 4.78 is 5.30. The normalized spacial score (nSPS) is 20.9. The van der Waals surface area contributed by atoms with E-state index in [1.165, 1.54) is 0 Å². The van der Waals surface area contributed by atoms with Crippen LogP contribution in [0.25, 0.3) is 0 Å². The van der Waals surface area contributed by atoms with E-state index in [1.807, 2.05) is 18.7 Å². The third kappa shape index (κ3) is 7.52. The number of nitrogens with one attached hydrogen (secondary N) is 1. The molecule has 0 aromatic carbocycles. The summed E-state index contributed by atoms with van der Waals surface area (Å²) in [5.74, 6) is -0.229. The number of amides is 2. The number of likely N-dealkylation sites (N-methyl/N-ethyl adjacent to an activating group) is 1. The molecule has 146 valence electrons. The Hall–Kier alpha value is -0.830. The molecule has 0 unspecified atom stereocenters. The Balaban J connectivity index is 0.00000312. The maximum atomic E-state index is 12.6. The predicted molar refractivity (Wildman–Crippen MR) is 103 cm³/mol. The maximum absolute atomic E-state index is 12.6. The Kier molecular flexibility index (Phi) is 9.78. The van der Waals surface area contributed by atoms with Gasteiger partial charge in [0.15, 0.2) is 0 Å². The van der Waals surface area contributed by atoms with Gasteiger partial charge in [-0.2, -0.15) is 13.5 Å². The molecular formula is C17H34N4O3S. The van der Waals surface area contributed by atoms with Crippen molar-refractivity contribution in [3.63, 3.8) is 0 Å². The molecule has 2 saturated heterocycles. The van der Waals surface area contributed by atoms with Crippen LogP contribution in [0, 0.1) is 5.92 Å². The fraction of sp³-hybridized carbons (Fsp3) is 0.882. The largest absolute Gasteiger partial charge is 0.378 e. The summed E-state index contributed by atoms with van der Waals surface area (Å²) in [6.45, 7) is 10.9. The Labute approximate surface area is 158 Å². The lowest BCUT2D eigenvalue weighted by Crippen LogP contribution is -2.50. The van der Waals surface area contributed by atoms with Gasteiger partial charge >= 0.3 is 0 Å². The quantitative estimate of drug-likeness (QED) is 0.694. The first-order valence-corrected chi connectivity index (χ1v) is 9.02. The standard InChI is InChI=1S/C17H32N4O3.H2S/c1-14(2)18-17(23)15(13-20-6-4-19(3)5-7-20)12-16(22)21-8-10-24-11-9-21;/h14-15H,4-13H2,1-3H3,(H,18,23);1H2/t15-;/m0./s1. The fourth-order valence-corrected chi connectivity index (χ4v) is 3.14. The molecule has 8 heteroatoms. The van der Waals surface area contributed by atoms with E-state index in [0.717, 1.165) is 26.2 Å². The lowest BCUT2D eigenvalue weighted by Gasteiger charge is -2.35. The van der Waals surface area contributed by atoms with Crippen molar-refractivity contribution < 1.29 is 14.3 Å². The molecule has 2 aliphatic heterocycles. The van der Waals surface area contributed by atoms with Gasteiger partial charge in [0, 0.05) is 58.3 Å². The van der Waals surface area contributed by atoms with Crippen molar-refractivity contribution in [3.05, 3.63) is 0 Å². The molecule has 0 spiro atoms. The minimum atomic E-state index is -0.286. The summed E-state index contributed by atoms with van der Waals surface area (Å²) >= 11 is 0. The van der Waals surface area contributed by atoms with Crippen molar-refractivity contribution in [1.82, 2.24) is 20.0 Å². The van der Waals surface area contributed by atoms with Crippen molar-refractivity contribution in [1.29, 1.82) is 0 Å². The minimum Gasteiger partial charge on any atom is -0.378 e. The van der Waals surface area contributed by atoms with Crippen LogP contribution in [0.3, 0.4) is 0 Å². The van der Waals surface area contributed by atoms with Crippen LogP contribution in [0.1, 0.15) is 20.3 Å². The van der Waals surface area contributed by atoms with Gasteiger partial charge in [0.2, 0.25) is 11.8 Å². The number of morpholine rings is 1. The summed E-state index contributed by atoms with van der Waals surface area (Å²) in [7, 11) is 2.11. The van der Waals surface area contributed by atoms with Crippen LogP contribution in [-0.2, 0) is 14.3 Å². The second-order valence-electron chi connectivity index (χ2n) is 7.16. The molecule has 1 N–H and O–H groups in total. The third-order valence-corrected chi connectivity index (χ3v) is 4.66. The molecule has 2 fully saturated rings. The highest BCUT2D eigenvalue weighted by molar-refractivity contribution is 7.59. The van der Waals surface area contributed by atoms with E-state index in [9.17, 15) is 9.59 Å². The number of rotatable bonds is 6. The van der Waals surface area contributed by atoms with E-state index >= 15 is 0 Å². The number of hydrogen-bond donors (Lipinski definition) is 1. The third-order valence-electron chi connectivity index (χ3n) is 4.66. The zero-order valence-electron chi connectivity index (χ0n) is 15.8. The maximum Gasteiger partial charge on any atom is 0.225 e. The first kappa shape index (κ1) is 22.2. The van der Waals surface area contributed by atoms with Crippen molar-refractivity contribution in [2.24, 2.45) is 5.92 Å². The van der Waals surface area contributed by atoms with Crippen molar-refractivity contribution in [2.45, 2.75) is 26.3 Å². The van der Waals surface area contributed by atoms with Gasteiger partial charge in [0.1, 0.15) is 0 Å². The van der Waals surface area contributed by atoms with E-state index in [4.69, 9.17) is 4.74 Å². The van der Waals surface area contributed by atoms with Crippen LogP contribution in [0.2, 0.25) is 0 Å². The number of piperazine rings is 1.